The number of amides is 1. The number of hydrogen-bond acceptors (Lipinski definition) is 6. The van der Waals surface area contributed by atoms with Crippen molar-refractivity contribution in [3.63, 3.8) is 0 Å². The maximum Gasteiger partial charge on any atom is 0.248 e. The number of carbonyl (C=O) groups excluding carboxylic acids is 1. The van der Waals surface area contributed by atoms with Crippen LogP contribution in [0.15, 0.2) is 47.9 Å². The Morgan fingerprint density at radius 2 is 1.87 bits per heavy atom. The average molecular weight is 445 g/mol. The zero-order chi connectivity index (χ0) is 21.5. The quantitative estimate of drug-likeness (QED) is 0.474. The lowest BCUT2D eigenvalue weighted by molar-refractivity contribution is -0.111. The molecule has 0 unspecified atom stereocenters. The third kappa shape index (κ3) is 5.75. The van der Waals surface area contributed by atoms with Crippen molar-refractivity contribution in [3.05, 3.63) is 69.1 Å². The van der Waals surface area contributed by atoms with Gasteiger partial charge in [-0.05, 0) is 30.7 Å². The molecule has 0 aliphatic heterocycles. The first-order valence-corrected chi connectivity index (χ1v) is 10.3. The van der Waals surface area contributed by atoms with Crippen LogP contribution in [-0.2, 0) is 11.4 Å². The molecule has 0 spiro atoms. The van der Waals surface area contributed by atoms with E-state index in [1.165, 1.54) is 20.3 Å². The van der Waals surface area contributed by atoms with E-state index in [4.69, 9.17) is 25.8 Å². The fourth-order valence-corrected chi connectivity index (χ4v) is 3.40. The van der Waals surface area contributed by atoms with Gasteiger partial charge in [-0.3, -0.25) is 4.79 Å². The topological polar surface area (TPSA) is 69.7 Å². The van der Waals surface area contributed by atoms with E-state index in [0.29, 0.717) is 28.8 Å². The van der Waals surface area contributed by atoms with Crippen molar-refractivity contribution in [2.45, 2.75) is 13.5 Å². The summed E-state index contributed by atoms with van der Waals surface area (Å²) in [7, 11) is 3.04. The number of hydrogen-bond donors (Lipinski definition) is 1. The van der Waals surface area contributed by atoms with Gasteiger partial charge in [-0.15, -0.1) is 11.3 Å². The molecule has 0 aliphatic rings. The summed E-state index contributed by atoms with van der Waals surface area (Å²) in [6.45, 7) is 2.39. The summed E-state index contributed by atoms with van der Waals surface area (Å²) < 4.78 is 16.1. The minimum atomic E-state index is -0.316. The normalized spacial score (nSPS) is 10.8. The Morgan fingerprint density at radius 1 is 1.17 bits per heavy atom. The van der Waals surface area contributed by atoms with Gasteiger partial charge in [0.25, 0.3) is 0 Å². The molecule has 1 heterocycles. The van der Waals surface area contributed by atoms with Crippen LogP contribution in [0, 0.1) is 6.92 Å². The number of thiazole rings is 1. The molecule has 2 aromatic carbocycles. The van der Waals surface area contributed by atoms with E-state index in [0.717, 1.165) is 22.0 Å². The second-order valence-corrected chi connectivity index (χ2v) is 7.69. The van der Waals surface area contributed by atoms with Gasteiger partial charge in [0.15, 0.2) is 11.5 Å². The summed E-state index contributed by atoms with van der Waals surface area (Å²) in [5.74, 6) is 1.38. The van der Waals surface area contributed by atoms with Crippen molar-refractivity contribution in [3.8, 4) is 17.2 Å². The molecule has 156 valence electrons. The lowest BCUT2D eigenvalue weighted by Gasteiger charge is -2.11. The van der Waals surface area contributed by atoms with E-state index >= 15 is 0 Å². The van der Waals surface area contributed by atoms with Gasteiger partial charge in [0.1, 0.15) is 12.4 Å². The summed E-state index contributed by atoms with van der Waals surface area (Å²) in [4.78, 5) is 16.6. The van der Waals surface area contributed by atoms with Crippen molar-refractivity contribution in [2.24, 2.45) is 0 Å². The lowest BCUT2D eigenvalue weighted by Crippen LogP contribution is -2.08. The largest absolute Gasteiger partial charge is 0.493 e. The number of carbonyl (C=O) groups is 1. The van der Waals surface area contributed by atoms with Crippen molar-refractivity contribution in [1.82, 2.24) is 4.98 Å². The molecule has 30 heavy (non-hydrogen) atoms. The number of benzene rings is 2. The molecule has 0 radical (unpaired) electrons. The van der Waals surface area contributed by atoms with Crippen molar-refractivity contribution < 1.29 is 19.0 Å². The number of nitrogens with zero attached hydrogens (tertiary/aromatic N) is 1. The number of nitrogens with one attached hydrogen (secondary N) is 1. The van der Waals surface area contributed by atoms with Crippen LogP contribution in [0.5, 0.6) is 17.2 Å². The van der Waals surface area contributed by atoms with Crippen LogP contribution in [0.2, 0.25) is 5.02 Å². The highest BCUT2D eigenvalue weighted by Gasteiger charge is 2.11. The second-order valence-electron chi connectivity index (χ2n) is 6.23. The first-order chi connectivity index (χ1) is 14.5. The molecule has 0 aliphatic carbocycles. The Hall–Kier alpha value is -3.03. The number of ether oxygens (including phenoxy) is 3. The van der Waals surface area contributed by atoms with Crippen molar-refractivity contribution in [2.75, 3.05) is 19.5 Å². The fourth-order valence-electron chi connectivity index (χ4n) is 2.60. The fraction of sp³-hybridized carbons (Fsp3) is 0.182. The lowest BCUT2D eigenvalue weighted by atomic mass is 10.2. The zero-order valence-electron chi connectivity index (χ0n) is 16.8. The first kappa shape index (κ1) is 21.7. The van der Waals surface area contributed by atoms with Crippen LogP contribution in [-0.4, -0.2) is 25.1 Å². The smallest absolute Gasteiger partial charge is 0.248 e. The number of rotatable bonds is 8. The van der Waals surface area contributed by atoms with Crippen LogP contribution in [0.3, 0.4) is 0 Å². The van der Waals surface area contributed by atoms with Gasteiger partial charge in [0.05, 0.1) is 35.6 Å². The van der Waals surface area contributed by atoms with E-state index in [-0.39, 0.29) is 5.91 Å². The third-order valence-electron chi connectivity index (χ3n) is 4.09. The average Bonchev–Trinajstić information content (AvgIpc) is 3.17. The van der Waals surface area contributed by atoms with Gasteiger partial charge in [-0.25, -0.2) is 4.98 Å². The number of methoxy groups -OCH3 is 2. The summed E-state index contributed by atoms with van der Waals surface area (Å²) in [5.41, 5.74) is 2.21. The molecule has 1 aromatic heterocycles. The minimum absolute atomic E-state index is 0.316. The summed E-state index contributed by atoms with van der Waals surface area (Å²) in [6, 6.07) is 10.6. The van der Waals surface area contributed by atoms with Gasteiger partial charge >= 0.3 is 0 Å². The van der Waals surface area contributed by atoms with Crippen LogP contribution >= 0.6 is 22.9 Å². The second kappa shape index (κ2) is 10.1. The molecule has 0 bridgehead atoms. The molecular formula is C22H21ClN2O4S. The maximum absolute atomic E-state index is 12.3. The standard InChI is InChI=1S/C22H21ClN2O4S/c1-14-24-16(13-30-14)12-29-17-7-4-15(5-8-17)6-9-22(26)25-19-11-21(28-3)20(27-2)10-18(19)23/h4-11,13H,12H2,1-3H3,(H,25,26)/b9-6+. The van der Waals surface area contributed by atoms with Gasteiger partial charge < -0.3 is 19.5 Å². The summed E-state index contributed by atoms with van der Waals surface area (Å²) >= 11 is 7.80. The molecular weight excluding hydrogens is 424 g/mol. The number of anilines is 1. The van der Waals surface area contributed by atoms with Gasteiger partial charge in [0.2, 0.25) is 5.91 Å². The molecule has 3 aromatic rings. The molecule has 8 heteroatoms. The van der Waals surface area contributed by atoms with Crippen LogP contribution in [0.1, 0.15) is 16.3 Å². The highest BCUT2D eigenvalue weighted by atomic mass is 35.5. The molecule has 1 N–H and O–H groups in total. The Balaban J connectivity index is 1.58. The highest BCUT2D eigenvalue weighted by molar-refractivity contribution is 7.09. The molecule has 0 atom stereocenters. The number of aryl methyl sites for hydroxylation is 1. The summed E-state index contributed by atoms with van der Waals surface area (Å²) in [6.07, 6.45) is 3.14. The van der Waals surface area contributed by atoms with Crippen molar-refractivity contribution >= 4 is 40.6 Å². The van der Waals surface area contributed by atoms with E-state index < -0.39 is 0 Å². The minimum Gasteiger partial charge on any atom is -0.493 e. The predicted molar refractivity (Wildman–Crippen MR) is 120 cm³/mol. The molecule has 0 fully saturated rings. The molecule has 0 saturated heterocycles. The van der Waals surface area contributed by atoms with E-state index in [1.54, 1.807) is 29.5 Å². The summed E-state index contributed by atoms with van der Waals surface area (Å²) in [5, 5.41) is 6.08. The van der Waals surface area contributed by atoms with Crippen LogP contribution < -0.4 is 19.5 Å². The van der Waals surface area contributed by atoms with E-state index in [2.05, 4.69) is 10.3 Å². The Morgan fingerprint density at radius 3 is 2.50 bits per heavy atom. The SMILES string of the molecule is COc1cc(Cl)c(NC(=O)/C=C/c2ccc(OCc3csc(C)n3)cc2)cc1OC. The zero-order valence-corrected chi connectivity index (χ0v) is 18.3. The van der Waals surface area contributed by atoms with Crippen molar-refractivity contribution in [1.29, 1.82) is 0 Å². The Bertz CT molecular complexity index is 1050. The molecule has 1 amide bonds. The van der Waals surface area contributed by atoms with Crippen LogP contribution in [0.4, 0.5) is 5.69 Å². The van der Waals surface area contributed by atoms with Gasteiger partial charge in [0, 0.05) is 23.6 Å². The van der Waals surface area contributed by atoms with Crippen LogP contribution in [0.25, 0.3) is 6.08 Å². The highest BCUT2D eigenvalue weighted by Crippen LogP contribution is 2.36. The number of halogens is 1. The third-order valence-corrected chi connectivity index (χ3v) is 5.23. The maximum atomic E-state index is 12.3. The Labute approximate surface area is 184 Å². The number of aromatic nitrogens is 1. The Kier molecular flexibility index (Phi) is 7.32. The molecule has 6 nitrogen and oxygen atoms in total. The van der Waals surface area contributed by atoms with E-state index in [9.17, 15) is 4.79 Å². The van der Waals surface area contributed by atoms with Gasteiger partial charge in [-0.2, -0.15) is 0 Å². The molecule has 3 rings (SSSR count). The first-order valence-electron chi connectivity index (χ1n) is 9.03. The molecule has 0 saturated carbocycles. The predicted octanol–water partition coefficient (Wildman–Crippen LogP) is 5.35. The monoisotopic (exact) mass is 444 g/mol. The van der Waals surface area contributed by atoms with Gasteiger partial charge in [-0.1, -0.05) is 23.7 Å². The van der Waals surface area contributed by atoms with E-state index in [1.807, 2.05) is 36.6 Å².